The molecule has 1 saturated heterocycles. The van der Waals surface area contributed by atoms with Crippen LogP contribution in [0.2, 0.25) is 0 Å². The van der Waals surface area contributed by atoms with Crippen LogP contribution in [0.5, 0.6) is 5.88 Å². The molecule has 1 N–H and O–H groups in total. The van der Waals surface area contributed by atoms with Crippen molar-refractivity contribution in [3.8, 4) is 5.88 Å². The Hall–Kier alpha value is -2.60. The number of nitrogens with zero attached hydrogens (tertiary/aromatic N) is 2. The van der Waals surface area contributed by atoms with Gasteiger partial charge in [0.05, 0.1) is 19.3 Å². The van der Waals surface area contributed by atoms with Gasteiger partial charge in [0, 0.05) is 18.7 Å². The highest BCUT2D eigenvalue weighted by atomic mass is 16.5. The fourth-order valence-electron chi connectivity index (χ4n) is 2.66. The quantitative estimate of drug-likeness (QED) is 0.799. The maximum absolute atomic E-state index is 5.99. The molecule has 1 aromatic carbocycles. The smallest absolute Gasteiger partial charge is 0.296 e. The fraction of sp³-hybridized carbons (Fsp3) is 0.294. The Kier molecular flexibility index (Phi) is 3.81. The standard InChI is InChI=1S/C17H17N3O3/c1-2-6-14-12(5-1)19-17(23-14)20-13-11-21-10-8-15(13)22-16-7-3-4-9-18-16/h1-7,9,13,15H,8,10-11H2,(H,19,20)/t13-,15-/m1/s1. The fourth-order valence-corrected chi connectivity index (χ4v) is 2.66. The number of pyridine rings is 1. The average Bonchev–Trinajstić information content (AvgIpc) is 3.00. The summed E-state index contributed by atoms with van der Waals surface area (Å²) in [4.78, 5) is 8.66. The maximum Gasteiger partial charge on any atom is 0.296 e. The first kappa shape index (κ1) is 14.0. The summed E-state index contributed by atoms with van der Waals surface area (Å²) in [6.07, 6.45) is 2.46. The van der Waals surface area contributed by atoms with E-state index >= 15 is 0 Å². The molecule has 23 heavy (non-hydrogen) atoms. The second kappa shape index (κ2) is 6.26. The Morgan fingerprint density at radius 3 is 2.91 bits per heavy atom. The number of ether oxygens (including phenoxy) is 2. The number of para-hydroxylation sites is 2. The summed E-state index contributed by atoms with van der Waals surface area (Å²) in [5, 5.41) is 3.29. The normalized spacial score (nSPS) is 21.2. The molecule has 1 aliphatic rings. The Bertz CT molecular complexity index is 742. The predicted octanol–water partition coefficient (Wildman–Crippen LogP) is 2.87. The third-order valence-corrected chi connectivity index (χ3v) is 3.81. The molecule has 6 nitrogen and oxygen atoms in total. The lowest BCUT2D eigenvalue weighted by Crippen LogP contribution is -2.45. The number of nitrogens with one attached hydrogen (secondary N) is 1. The van der Waals surface area contributed by atoms with E-state index in [2.05, 4.69) is 15.3 Å². The first-order valence-electron chi connectivity index (χ1n) is 7.66. The van der Waals surface area contributed by atoms with Crippen molar-refractivity contribution in [2.75, 3.05) is 18.5 Å². The number of fused-ring (bicyclic) bond motifs is 1. The molecule has 1 fully saturated rings. The molecule has 3 aromatic rings. The molecule has 118 valence electrons. The van der Waals surface area contributed by atoms with Crippen molar-refractivity contribution < 1.29 is 13.9 Å². The van der Waals surface area contributed by atoms with Crippen LogP contribution in [0.25, 0.3) is 11.1 Å². The van der Waals surface area contributed by atoms with Gasteiger partial charge in [0.1, 0.15) is 11.6 Å². The van der Waals surface area contributed by atoms with Crippen molar-refractivity contribution in [3.63, 3.8) is 0 Å². The molecular weight excluding hydrogens is 294 g/mol. The molecule has 3 heterocycles. The van der Waals surface area contributed by atoms with Crippen molar-refractivity contribution in [1.82, 2.24) is 9.97 Å². The number of rotatable bonds is 4. The molecule has 0 bridgehead atoms. The lowest BCUT2D eigenvalue weighted by atomic mass is 10.1. The van der Waals surface area contributed by atoms with Crippen LogP contribution < -0.4 is 10.1 Å². The van der Waals surface area contributed by atoms with Crippen LogP contribution in [0.3, 0.4) is 0 Å². The van der Waals surface area contributed by atoms with E-state index in [9.17, 15) is 0 Å². The third-order valence-electron chi connectivity index (χ3n) is 3.81. The summed E-state index contributed by atoms with van der Waals surface area (Å²) in [6, 6.07) is 13.7. The van der Waals surface area contributed by atoms with E-state index in [0.29, 0.717) is 25.1 Å². The maximum atomic E-state index is 5.99. The third kappa shape index (κ3) is 3.12. The zero-order valence-electron chi connectivity index (χ0n) is 12.5. The number of hydrogen-bond acceptors (Lipinski definition) is 6. The highest BCUT2D eigenvalue weighted by Crippen LogP contribution is 2.22. The van der Waals surface area contributed by atoms with Crippen molar-refractivity contribution in [2.45, 2.75) is 18.6 Å². The molecule has 1 aliphatic heterocycles. The molecule has 0 spiro atoms. The lowest BCUT2D eigenvalue weighted by molar-refractivity contribution is 0.0123. The monoisotopic (exact) mass is 311 g/mol. The van der Waals surface area contributed by atoms with Crippen LogP contribution in [0.15, 0.2) is 53.1 Å². The van der Waals surface area contributed by atoms with Crippen LogP contribution in [0.1, 0.15) is 6.42 Å². The highest BCUT2D eigenvalue weighted by Gasteiger charge is 2.29. The van der Waals surface area contributed by atoms with E-state index in [1.165, 1.54) is 0 Å². The van der Waals surface area contributed by atoms with Gasteiger partial charge in [-0.05, 0) is 18.2 Å². The number of anilines is 1. The number of benzene rings is 1. The molecule has 2 atom stereocenters. The van der Waals surface area contributed by atoms with Crippen molar-refractivity contribution in [2.24, 2.45) is 0 Å². The Morgan fingerprint density at radius 2 is 2.04 bits per heavy atom. The van der Waals surface area contributed by atoms with Crippen LogP contribution in [0, 0.1) is 0 Å². The van der Waals surface area contributed by atoms with Crippen LogP contribution in [0.4, 0.5) is 6.01 Å². The molecule has 4 rings (SSSR count). The largest absolute Gasteiger partial charge is 0.472 e. The molecule has 0 amide bonds. The van der Waals surface area contributed by atoms with Crippen molar-refractivity contribution in [1.29, 1.82) is 0 Å². The van der Waals surface area contributed by atoms with Gasteiger partial charge in [0.15, 0.2) is 5.58 Å². The molecule has 6 heteroatoms. The molecule has 0 aliphatic carbocycles. The minimum atomic E-state index is -0.0475. The first-order chi connectivity index (χ1) is 11.4. The summed E-state index contributed by atoms with van der Waals surface area (Å²) >= 11 is 0. The molecule has 0 unspecified atom stereocenters. The van der Waals surface area contributed by atoms with Gasteiger partial charge in [-0.2, -0.15) is 4.98 Å². The van der Waals surface area contributed by atoms with Gasteiger partial charge in [0.25, 0.3) is 6.01 Å². The minimum absolute atomic E-state index is 0.0428. The first-order valence-corrected chi connectivity index (χ1v) is 7.66. The topological polar surface area (TPSA) is 69.4 Å². The summed E-state index contributed by atoms with van der Waals surface area (Å²) in [5.41, 5.74) is 1.59. The second-order valence-corrected chi connectivity index (χ2v) is 5.43. The number of hydrogen-bond donors (Lipinski definition) is 1. The Labute approximate surface area is 133 Å². The van der Waals surface area contributed by atoms with E-state index in [4.69, 9.17) is 13.9 Å². The predicted molar refractivity (Wildman–Crippen MR) is 85.5 cm³/mol. The van der Waals surface area contributed by atoms with Crippen molar-refractivity contribution >= 4 is 17.1 Å². The number of aromatic nitrogens is 2. The van der Waals surface area contributed by atoms with Crippen LogP contribution in [-0.2, 0) is 4.74 Å². The van der Waals surface area contributed by atoms with Gasteiger partial charge >= 0.3 is 0 Å². The van der Waals surface area contributed by atoms with Gasteiger partial charge in [-0.25, -0.2) is 4.98 Å². The summed E-state index contributed by atoms with van der Waals surface area (Å²) in [5.74, 6) is 0.615. The summed E-state index contributed by atoms with van der Waals surface area (Å²) in [7, 11) is 0. The van der Waals surface area contributed by atoms with Gasteiger partial charge < -0.3 is 19.2 Å². The van der Waals surface area contributed by atoms with E-state index in [0.717, 1.165) is 17.5 Å². The summed E-state index contributed by atoms with van der Waals surface area (Å²) in [6.45, 7) is 1.21. The zero-order chi connectivity index (χ0) is 15.5. The molecule has 0 radical (unpaired) electrons. The van der Waals surface area contributed by atoms with Gasteiger partial charge in [-0.1, -0.05) is 18.2 Å². The Morgan fingerprint density at radius 1 is 1.13 bits per heavy atom. The van der Waals surface area contributed by atoms with Crippen LogP contribution in [-0.4, -0.2) is 35.3 Å². The van der Waals surface area contributed by atoms with E-state index in [1.807, 2.05) is 42.5 Å². The van der Waals surface area contributed by atoms with Crippen molar-refractivity contribution in [3.05, 3.63) is 48.7 Å². The summed E-state index contributed by atoms with van der Waals surface area (Å²) < 4.78 is 17.3. The second-order valence-electron chi connectivity index (χ2n) is 5.43. The molecular formula is C17H17N3O3. The molecule has 2 aromatic heterocycles. The minimum Gasteiger partial charge on any atom is -0.472 e. The van der Waals surface area contributed by atoms with Gasteiger partial charge in [-0.3, -0.25) is 0 Å². The van der Waals surface area contributed by atoms with E-state index < -0.39 is 0 Å². The van der Waals surface area contributed by atoms with Crippen LogP contribution >= 0.6 is 0 Å². The van der Waals surface area contributed by atoms with Gasteiger partial charge in [0.2, 0.25) is 5.88 Å². The highest BCUT2D eigenvalue weighted by molar-refractivity contribution is 5.74. The average molecular weight is 311 g/mol. The van der Waals surface area contributed by atoms with E-state index in [-0.39, 0.29) is 12.1 Å². The van der Waals surface area contributed by atoms with Gasteiger partial charge in [-0.15, -0.1) is 0 Å². The molecule has 0 saturated carbocycles. The van der Waals surface area contributed by atoms with E-state index in [1.54, 1.807) is 6.20 Å². The number of oxazole rings is 1. The SMILES string of the molecule is c1ccc(O[C@@H]2CCOC[C@H]2Nc2nc3ccccc3o2)nc1. The Balaban J connectivity index is 1.51. The lowest BCUT2D eigenvalue weighted by Gasteiger charge is -2.31. The zero-order valence-corrected chi connectivity index (χ0v) is 12.5.